The zero-order valence-electron chi connectivity index (χ0n) is 16.7. The molecule has 5 aromatic rings. The van der Waals surface area contributed by atoms with Crippen molar-refractivity contribution in [3.05, 3.63) is 90.0 Å². The number of rotatable bonds is 5. The Bertz CT molecular complexity index is 1360. The number of fused-ring (bicyclic) bond motifs is 1. The number of imidazole rings is 1. The smallest absolute Gasteiger partial charge is 0.210 e. The maximum Gasteiger partial charge on any atom is 0.210 e. The molecule has 0 radical (unpaired) electrons. The van der Waals surface area contributed by atoms with Crippen LogP contribution in [0.2, 0.25) is 0 Å². The molecule has 0 aliphatic rings. The molecule has 3 aromatic heterocycles. The number of nitrogens with zero attached hydrogens (tertiary/aromatic N) is 5. The molecular formula is C23H19FN6S. The molecule has 0 saturated carbocycles. The van der Waals surface area contributed by atoms with Crippen molar-refractivity contribution in [1.29, 1.82) is 0 Å². The number of benzene rings is 2. The zero-order chi connectivity index (χ0) is 21.4. The van der Waals surface area contributed by atoms with Crippen molar-refractivity contribution in [1.82, 2.24) is 24.3 Å². The van der Waals surface area contributed by atoms with Crippen molar-refractivity contribution < 1.29 is 4.39 Å². The molecule has 0 unspecified atom stereocenters. The number of nitrogen functional groups attached to an aromatic ring is 1. The third kappa shape index (κ3) is 3.66. The van der Waals surface area contributed by atoms with E-state index in [1.165, 1.54) is 28.6 Å². The van der Waals surface area contributed by atoms with Gasteiger partial charge in [0.05, 0.1) is 11.4 Å². The van der Waals surface area contributed by atoms with Crippen LogP contribution in [-0.4, -0.2) is 24.3 Å². The summed E-state index contributed by atoms with van der Waals surface area (Å²) in [7, 11) is 0. The van der Waals surface area contributed by atoms with Crippen LogP contribution in [-0.2, 0) is 5.75 Å². The molecule has 2 aromatic carbocycles. The lowest BCUT2D eigenvalue weighted by Crippen LogP contribution is -2.11. The largest absolute Gasteiger partial charge is 0.335 e. The number of hydrogen-bond donors (Lipinski definition) is 1. The molecule has 0 bridgehead atoms. The highest BCUT2D eigenvalue weighted by molar-refractivity contribution is 7.98. The van der Waals surface area contributed by atoms with E-state index in [9.17, 15) is 4.39 Å². The van der Waals surface area contributed by atoms with Gasteiger partial charge in [0.1, 0.15) is 11.5 Å². The minimum atomic E-state index is -0.308. The second-order valence-electron chi connectivity index (χ2n) is 7.18. The Balaban J connectivity index is 1.50. The number of thioether (sulfide) groups is 1. The van der Waals surface area contributed by atoms with E-state index < -0.39 is 0 Å². The first-order valence-electron chi connectivity index (χ1n) is 9.72. The highest BCUT2D eigenvalue weighted by Gasteiger charge is 2.17. The van der Waals surface area contributed by atoms with Crippen LogP contribution in [0.5, 0.6) is 0 Å². The van der Waals surface area contributed by atoms with Crippen molar-refractivity contribution >= 4 is 17.4 Å². The van der Waals surface area contributed by atoms with Crippen LogP contribution in [0.4, 0.5) is 4.39 Å². The Kier molecular flexibility index (Phi) is 4.91. The van der Waals surface area contributed by atoms with Crippen molar-refractivity contribution in [2.45, 2.75) is 17.8 Å². The molecule has 2 N–H and O–H groups in total. The predicted octanol–water partition coefficient (Wildman–Crippen LogP) is 4.71. The zero-order valence-corrected chi connectivity index (χ0v) is 17.6. The summed E-state index contributed by atoms with van der Waals surface area (Å²) in [6, 6.07) is 20.2. The molecule has 0 atom stereocenters. The van der Waals surface area contributed by atoms with Crippen LogP contribution in [0.1, 0.15) is 11.3 Å². The van der Waals surface area contributed by atoms with Crippen LogP contribution < -0.4 is 5.84 Å². The molecule has 0 saturated heterocycles. The quantitative estimate of drug-likeness (QED) is 0.323. The van der Waals surface area contributed by atoms with E-state index >= 15 is 0 Å². The number of aromatic nitrogens is 5. The summed E-state index contributed by atoms with van der Waals surface area (Å²) in [6.07, 6.45) is 2.09. The highest BCUT2D eigenvalue weighted by atomic mass is 32.2. The molecule has 0 amide bonds. The summed E-state index contributed by atoms with van der Waals surface area (Å²) in [5, 5.41) is 9.01. The molecule has 0 spiro atoms. The first kappa shape index (κ1) is 19.3. The van der Waals surface area contributed by atoms with Gasteiger partial charge in [0.2, 0.25) is 5.16 Å². The van der Waals surface area contributed by atoms with Crippen LogP contribution >= 0.6 is 11.8 Å². The van der Waals surface area contributed by atoms with E-state index in [1.807, 2.05) is 24.3 Å². The Morgan fingerprint density at radius 3 is 2.48 bits per heavy atom. The maximum absolute atomic E-state index is 13.2. The van der Waals surface area contributed by atoms with Gasteiger partial charge >= 0.3 is 0 Å². The van der Waals surface area contributed by atoms with Gasteiger partial charge < -0.3 is 10.2 Å². The molecule has 8 heteroatoms. The van der Waals surface area contributed by atoms with Crippen LogP contribution in [0.25, 0.3) is 28.3 Å². The van der Waals surface area contributed by atoms with Gasteiger partial charge in [-0.15, -0.1) is 10.2 Å². The fourth-order valence-electron chi connectivity index (χ4n) is 3.47. The van der Waals surface area contributed by atoms with Crippen LogP contribution in [0.3, 0.4) is 0 Å². The van der Waals surface area contributed by atoms with Crippen molar-refractivity contribution in [3.63, 3.8) is 0 Å². The second-order valence-corrected chi connectivity index (χ2v) is 8.12. The molecule has 0 aliphatic carbocycles. The molecule has 3 heterocycles. The second kappa shape index (κ2) is 7.88. The number of aryl methyl sites for hydroxylation is 1. The highest BCUT2D eigenvalue weighted by Crippen LogP contribution is 2.31. The molecule has 154 valence electrons. The summed E-state index contributed by atoms with van der Waals surface area (Å²) in [6.45, 7) is 2.06. The number of nitrogens with two attached hydrogens (primary N) is 1. The minimum Gasteiger partial charge on any atom is -0.335 e. The van der Waals surface area contributed by atoms with E-state index in [1.54, 1.807) is 12.1 Å². The number of hydrogen-bond acceptors (Lipinski definition) is 5. The lowest BCUT2D eigenvalue weighted by molar-refractivity contribution is 0.628. The Hall–Kier alpha value is -3.65. The molecule has 0 fully saturated rings. The molecule has 5 rings (SSSR count). The van der Waals surface area contributed by atoms with Gasteiger partial charge in [0.15, 0.2) is 5.82 Å². The Morgan fingerprint density at radius 1 is 0.935 bits per heavy atom. The Labute approximate surface area is 182 Å². The molecular weight excluding hydrogens is 411 g/mol. The summed E-state index contributed by atoms with van der Waals surface area (Å²) < 4.78 is 16.8. The lowest BCUT2D eigenvalue weighted by Gasteiger charge is -2.07. The first-order valence-corrected chi connectivity index (χ1v) is 10.7. The van der Waals surface area contributed by atoms with Gasteiger partial charge in [-0.1, -0.05) is 48.2 Å². The average molecular weight is 431 g/mol. The van der Waals surface area contributed by atoms with E-state index in [0.29, 0.717) is 22.3 Å². The summed E-state index contributed by atoms with van der Waals surface area (Å²) in [5.41, 5.74) is 5.79. The standard InChI is InChI=1S/C23H19FN6S/c1-15-7-12-20-26-21(16-5-3-2-4-6-16)19(29(20)13-15)14-31-23-28-27-22(30(23)25)17-8-10-18(24)11-9-17/h2-13H,14,25H2,1H3. The van der Waals surface area contributed by atoms with E-state index in [0.717, 1.165) is 28.2 Å². The van der Waals surface area contributed by atoms with E-state index in [-0.39, 0.29) is 5.82 Å². The minimum absolute atomic E-state index is 0.308. The van der Waals surface area contributed by atoms with Crippen LogP contribution in [0, 0.1) is 12.7 Å². The normalized spacial score (nSPS) is 11.3. The third-order valence-electron chi connectivity index (χ3n) is 5.02. The van der Waals surface area contributed by atoms with Gasteiger partial charge in [0.25, 0.3) is 0 Å². The third-order valence-corrected chi connectivity index (χ3v) is 5.97. The summed E-state index contributed by atoms with van der Waals surface area (Å²) in [4.78, 5) is 4.86. The topological polar surface area (TPSA) is 74.0 Å². The SMILES string of the molecule is Cc1ccc2nc(-c3ccccc3)c(CSc3nnc(-c4ccc(F)cc4)n3N)n2c1. The van der Waals surface area contributed by atoms with E-state index in [2.05, 4.69) is 45.9 Å². The Morgan fingerprint density at radius 2 is 1.71 bits per heavy atom. The molecule has 6 nitrogen and oxygen atoms in total. The summed E-state index contributed by atoms with van der Waals surface area (Å²) in [5.74, 6) is 7.04. The lowest BCUT2D eigenvalue weighted by atomic mass is 10.1. The van der Waals surface area contributed by atoms with Gasteiger partial charge in [-0.05, 0) is 42.8 Å². The maximum atomic E-state index is 13.2. The van der Waals surface area contributed by atoms with E-state index in [4.69, 9.17) is 10.8 Å². The monoisotopic (exact) mass is 430 g/mol. The van der Waals surface area contributed by atoms with Gasteiger partial charge in [-0.25, -0.2) is 14.1 Å². The van der Waals surface area contributed by atoms with Crippen molar-refractivity contribution in [2.24, 2.45) is 0 Å². The number of halogens is 1. The fourth-order valence-corrected chi connectivity index (χ4v) is 4.33. The van der Waals surface area contributed by atoms with Crippen molar-refractivity contribution in [2.75, 3.05) is 5.84 Å². The van der Waals surface area contributed by atoms with Crippen LogP contribution in [0.15, 0.2) is 78.1 Å². The first-order chi connectivity index (χ1) is 15.1. The number of pyridine rings is 1. The predicted molar refractivity (Wildman–Crippen MR) is 120 cm³/mol. The van der Waals surface area contributed by atoms with Gasteiger partial charge in [0, 0.05) is 23.1 Å². The van der Waals surface area contributed by atoms with Gasteiger partial charge in [-0.3, -0.25) is 0 Å². The fraction of sp³-hybridized carbons (Fsp3) is 0.0870. The van der Waals surface area contributed by atoms with Gasteiger partial charge in [-0.2, -0.15) is 0 Å². The molecule has 31 heavy (non-hydrogen) atoms. The summed E-state index contributed by atoms with van der Waals surface area (Å²) >= 11 is 1.48. The average Bonchev–Trinajstić information content (AvgIpc) is 3.33. The van der Waals surface area contributed by atoms with Crippen molar-refractivity contribution in [3.8, 4) is 22.6 Å². The molecule has 0 aliphatic heterocycles.